The molecule has 2 aromatic heterocycles. The van der Waals surface area contributed by atoms with Crippen LogP contribution in [0, 0.1) is 0 Å². The molecule has 5 nitrogen and oxygen atoms in total. The van der Waals surface area contributed by atoms with Crippen molar-refractivity contribution < 1.29 is 4.79 Å². The van der Waals surface area contributed by atoms with Crippen molar-refractivity contribution >= 4 is 22.2 Å². The number of rotatable bonds is 5. The van der Waals surface area contributed by atoms with Gasteiger partial charge in [-0.2, -0.15) is 0 Å². The van der Waals surface area contributed by atoms with Gasteiger partial charge in [-0.15, -0.1) is 11.3 Å². The predicted molar refractivity (Wildman–Crippen MR) is 68.1 cm³/mol. The second kappa shape index (κ2) is 5.29. The van der Waals surface area contributed by atoms with Gasteiger partial charge in [0, 0.05) is 37.9 Å². The Labute approximate surface area is 104 Å². The van der Waals surface area contributed by atoms with E-state index in [1.807, 2.05) is 29.1 Å². The first-order chi connectivity index (χ1) is 8.20. The molecule has 0 fully saturated rings. The minimum absolute atomic E-state index is 0.105. The molecule has 0 unspecified atom stereocenters. The number of thiazole rings is 1. The Morgan fingerprint density at radius 3 is 3.18 bits per heavy atom. The summed E-state index contributed by atoms with van der Waals surface area (Å²) in [5.41, 5.74) is 0.962. The predicted octanol–water partition coefficient (Wildman–Crippen LogP) is 0.964. The number of carbonyl (C=O) groups excluding carboxylic acids is 1. The summed E-state index contributed by atoms with van der Waals surface area (Å²) in [7, 11) is 1.80. The van der Waals surface area contributed by atoms with Gasteiger partial charge >= 0.3 is 0 Å². The topological polar surface area (TPSA) is 49.6 Å². The zero-order valence-corrected chi connectivity index (χ0v) is 10.8. The number of hydrogen-bond acceptors (Lipinski definition) is 4. The SMILES string of the molecule is CCN(C)C(=O)CNCc1cn2ccsc2n1. The average Bonchev–Trinajstić information content (AvgIpc) is 2.88. The Morgan fingerprint density at radius 1 is 1.65 bits per heavy atom. The fourth-order valence-electron chi connectivity index (χ4n) is 1.47. The lowest BCUT2D eigenvalue weighted by Gasteiger charge is -2.14. The van der Waals surface area contributed by atoms with Crippen molar-refractivity contribution in [3.05, 3.63) is 23.5 Å². The quantitative estimate of drug-likeness (QED) is 0.862. The Bertz CT molecular complexity index is 476. The minimum atomic E-state index is 0.105. The number of likely N-dealkylation sites (N-methyl/N-ethyl adjacent to an activating group) is 1. The average molecular weight is 252 g/mol. The van der Waals surface area contributed by atoms with Crippen LogP contribution in [0.1, 0.15) is 12.6 Å². The Balaban J connectivity index is 1.82. The van der Waals surface area contributed by atoms with E-state index in [0.717, 1.165) is 17.2 Å². The number of imidazole rings is 1. The number of nitrogens with zero attached hydrogens (tertiary/aromatic N) is 3. The number of amides is 1. The molecule has 0 bridgehead atoms. The lowest BCUT2D eigenvalue weighted by Crippen LogP contribution is -2.35. The molecule has 0 radical (unpaired) electrons. The van der Waals surface area contributed by atoms with E-state index >= 15 is 0 Å². The minimum Gasteiger partial charge on any atom is -0.345 e. The highest BCUT2D eigenvalue weighted by molar-refractivity contribution is 7.15. The van der Waals surface area contributed by atoms with E-state index in [1.165, 1.54) is 0 Å². The maximum Gasteiger partial charge on any atom is 0.236 e. The highest BCUT2D eigenvalue weighted by Gasteiger charge is 2.06. The van der Waals surface area contributed by atoms with Gasteiger partial charge in [-0.05, 0) is 6.92 Å². The summed E-state index contributed by atoms with van der Waals surface area (Å²) in [5, 5.41) is 5.10. The molecule has 6 heteroatoms. The lowest BCUT2D eigenvalue weighted by atomic mass is 10.4. The van der Waals surface area contributed by atoms with Crippen LogP contribution in [-0.2, 0) is 11.3 Å². The van der Waals surface area contributed by atoms with E-state index < -0.39 is 0 Å². The van der Waals surface area contributed by atoms with Crippen LogP contribution in [0.2, 0.25) is 0 Å². The summed E-state index contributed by atoms with van der Waals surface area (Å²) in [5.74, 6) is 0.105. The highest BCUT2D eigenvalue weighted by atomic mass is 32.1. The van der Waals surface area contributed by atoms with Gasteiger partial charge in [0.15, 0.2) is 4.96 Å². The van der Waals surface area contributed by atoms with Crippen LogP contribution in [0.4, 0.5) is 0 Å². The summed E-state index contributed by atoms with van der Waals surface area (Å²) >= 11 is 1.61. The third-order valence-electron chi connectivity index (χ3n) is 2.63. The molecule has 1 N–H and O–H groups in total. The van der Waals surface area contributed by atoms with Crippen LogP contribution in [0.15, 0.2) is 17.8 Å². The Hall–Kier alpha value is -1.40. The molecule has 0 aliphatic heterocycles. The number of aromatic nitrogens is 2. The van der Waals surface area contributed by atoms with E-state index in [2.05, 4.69) is 10.3 Å². The second-order valence-electron chi connectivity index (χ2n) is 3.84. The standard InChI is InChI=1S/C11H16N4OS/c1-3-14(2)10(16)7-12-6-9-8-15-4-5-17-11(15)13-9/h4-5,8,12H,3,6-7H2,1-2H3. The summed E-state index contributed by atoms with van der Waals surface area (Å²) in [6, 6.07) is 0. The van der Waals surface area contributed by atoms with Crippen LogP contribution < -0.4 is 5.32 Å². The molecule has 0 aliphatic carbocycles. The summed E-state index contributed by atoms with van der Waals surface area (Å²) in [4.78, 5) is 18.6. The van der Waals surface area contributed by atoms with Gasteiger partial charge in [0.05, 0.1) is 12.2 Å². The van der Waals surface area contributed by atoms with Crippen LogP contribution in [-0.4, -0.2) is 40.3 Å². The summed E-state index contributed by atoms with van der Waals surface area (Å²) in [6.07, 6.45) is 3.96. The molecule has 2 aromatic rings. The van der Waals surface area contributed by atoms with E-state index in [0.29, 0.717) is 13.1 Å². The van der Waals surface area contributed by atoms with Crippen molar-refractivity contribution in [2.45, 2.75) is 13.5 Å². The smallest absolute Gasteiger partial charge is 0.236 e. The van der Waals surface area contributed by atoms with Crippen LogP contribution in [0.25, 0.3) is 4.96 Å². The highest BCUT2D eigenvalue weighted by Crippen LogP contribution is 2.10. The molecule has 92 valence electrons. The van der Waals surface area contributed by atoms with Crippen molar-refractivity contribution in [3.63, 3.8) is 0 Å². The normalized spacial score (nSPS) is 10.9. The zero-order valence-electron chi connectivity index (χ0n) is 10.0. The number of hydrogen-bond donors (Lipinski definition) is 1. The summed E-state index contributed by atoms with van der Waals surface area (Å²) < 4.78 is 1.99. The number of carbonyl (C=O) groups is 1. The number of fused-ring (bicyclic) bond motifs is 1. The Morgan fingerprint density at radius 2 is 2.47 bits per heavy atom. The molecule has 2 rings (SSSR count). The lowest BCUT2D eigenvalue weighted by molar-refractivity contribution is -0.128. The Kier molecular flexibility index (Phi) is 3.75. The first kappa shape index (κ1) is 12.1. The monoisotopic (exact) mass is 252 g/mol. The van der Waals surface area contributed by atoms with E-state index in [-0.39, 0.29) is 5.91 Å². The zero-order chi connectivity index (χ0) is 12.3. The molecule has 0 atom stereocenters. The third kappa shape index (κ3) is 2.83. The fourth-order valence-corrected chi connectivity index (χ4v) is 2.19. The van der Waals surface area contributed by atoms with Gasteiger partial charge in [0.1, 0.15) is 0 Å². The molecule has 0 saturated carbocycles. The van der Waals surface area contributed by atoms with Crippen molar-refractivity contribution in [2.24, 2.45) is 0 Å². The molecule has 1 amide bonds. The van der Waals surface area contributed by atoms with Gasteiger partial charge in [-0.1, -0.05) is 0 Å². The van der Waals surface area contributed by atoms with Gasteiger partial charge in [0.2, 0.25) is 5.91 Å². The molecule has 17 heavy (non-hydrogen) atoms. The van der Waals surface area contributed by atoms with Crippen LogP contribution in [0.3, 0.4) is 0 Å². The van der Waals surface area contributed by atoms with Crippen molar-refractivity contribution in [3.8, 4) is 0 Å². The van der Waals surface area contributed by atoms with Crippen molar-refractivity contribution in [1.29, 1.82) is 0 Å². The first-order valence-electron chi connectivity index (χ1n) is 5.56. The van der Waals surface area contributed by atoms with Gasteiger partial charge in [0.25, 0.3) is 0 Å². The van der Waals surface area contributed by atoms with Crippen molar-refractivity contribution in [2.75, 3.05) is 20.1 Å². The van der Waals surface area contributed by atoms with Gasteiger partial charge in [-0.3, -0.25) is 9.20 Å². The fraction of sp³-hybridized carbons (Fsp3) is 0.455. The maximum atomic E-state index is 11.5. The molecule has 0 aliphatic rings. The van der Waals surface area contributed by atoms with E-state index in [9.17, 15) is 4.79 Å². The maximum absolute atomic E-state index is 11.5. The van der Waals surface area contributed by atoms with Crippen LogP contribution >= 0.6 is 11.3 Å². The van der Waals surface area contributed by atoms with Crippen LogP contribution in [0.5, 0.6) is 0 Å². The molecular formula is C11H16N4OS. The van der Waals surface area contributed by atoms with Gasteiger partial charge < -0.3 is 10.2 Å². The second-order valence-corrected chi connectivity index (χ2v) is 4.71. The van der Waals surface area contributed by atoms with Crippen molar-refractivity contribution in [1.82, 2.24) is 19.6 Å². The number of nitrogens with one attached hydrogen (secondary N) is 1. The molecule has 2 heterocycles. The van der Waals surface area contributed by atoms with Gasteiger partial charge in [-0.25, -0.2) is 4.98 Å². The summed E-state index contributed by atoms with van der Waals surface area (Å²) in [6.45, 7) is 3.68. The molecular weight excluding hydrogens is 236 g/mol. The molecule has 0 spiro atoms. The largest absolute Gasteiger partial charge is 0.345 e. The molecule has 0 aromatic carbocycles. The first-order valence-corrected chi connectivity index (χ1v) is 6.44. The van der Waals surface area contributed by atoms with E-state index in [1.54, 1.807) is 23.3 Å². The van der Waals surface area contributed by atoms with E-state index in [4.69, 9.17) is 0 Å². The third-order valence-corrected chi connectivity index (χ3v) is 3.40. The molecule has 0 saturated heterocycles.